The maximum Gasteiger partial charge on any atom is 0.272 e. The van der Waals surface area contributed by atoms with Crippen LogP contribution in [0.15, 0.2) is 59.6 Å². The maximum absolute atomic E-state index is 13.0. The van der Waals surface area contributed by atoms with Crippen LogP contribution >= 0.6 is 11.6 Å². The molecule has 8 heteroatoms. The fraction of sp³-hybridized carbons (Fsp3) is 0.379. The number of aromatic amines is 1. The van der Waals surface area contributed by atoms with E-state index in [0.29, 0.717) is 36.9 Å². The van der Waals surface area contributed by atoms with Gasteiger partial charge in [-0.2, -0.15) is 0 Å². The van der Waals surface area contributed by atoms with Gasteiger partial charge in [-0.15, -0.1) is 0 Å². The van der Waals surface area contributed by atoms with E-state index in [1.165, 1.54) is 17.8 Å². The summed E-state index contributed by atoms with van der Waals surface area (Å²) < 4.78 is 18.9. The fourth-order valence-electron chi connectivity index (χ4n) is 4.81. The first-order valence-corrected chi connectivity index (χ1v) is 13.3. The largest absolute Gasteiger partial charge is 0.493 e. The molecule has 0 saturated carbocycles. The summed E-state index contributed by atoms with van der Waals surface area (Å²) in [6, 6.07) is 14.6. The Balaban J connectivity index is 1.09. The SMILES string of the molecule is CCc1[nH]c(C2C=C(Cl)C2)nc1C(=O)NCc1ccc(N2CCC(COc3ccc(F)cc3)CC2)cc1. The van der Waals surface area contributed by atoms with Crippen molar-refractivity contribution < 1.29 is 13.9 Å². The molecule has 1 atom stereocenters. The van der Waals surface area contributed by atoms with Gasteiger partial charge in [-0.1, -0.05) is 36.7 Å². The van der Waals surface area contributed by atoms with E-state index in [1.807, 2.05) is 13.0 Å². The number of amides is 1. The minimum atomic E-state index is -0.251. The molecule has 0 spiro atoms. The Morgan fingerprint density at radius 2 is 1.86 bits per heavy atom. The first-order valence-electron chi connectivity index (χ1n) is 12.9. The number of nitrogens with one attached hydrogen (secondary N) is 2. The molecule has 2 aliphatic rings. The van der Waals surface area contributed by atoms with Crippen molar-refractivity contribution in [2.24, 2.45) is 5.92 Å². The van der Waals surface area contributed by atoms with Crippen LogP contribution in [0.1, 0.15) is 59.7 Å². The van der Waals surface area contributed by atoms with Crippen molar-refractivity contribution in [2.75, 3.05) is 24.6 Å². The Bertz CT molecular complexity index is 1250. The van der Waals surface area contributed by atoms with Crippen molar-refractivity contribution in [3.63, 3.8) is 0 Å². The molecule has 2 aromatic carbocycles. The van der Waals surface area contributed by atoms with Crippen molar-refractivity contribution in [2.45, 2.75) is 45.1 Å². The summed E-state index contributed by atoms with van der Waals surface area (Å²) in [4.78, 5) is 23.1. The van der Waals surface area contributed by atoms with Gasteiger partial charge in [0.15, 0.2) is 0 Å². The van der Waals surface area contributed by atoms with Crippen LogP contribution < -0.4 is 15.0 Å². The molecule has 0 radical (unpaired) electrons. The van der Waals surface area contributed by atoms with Crippen molar-refractivity contribution in [1.82, 2.24) is 15.3 Å². The molecular formula is C29H32ClFN4O2. The molecule has 37 heavy (non-hydrogen) atoms. The van der Waals surface area contributed by atoms with Gasteiger partial charge in [-0.05, 0) is 73.6 Å². The topological polar surface area (TPSA) is 70.2 Å². The average molecular weight is 523 g/mol. The van der Waals surface area contributed by atoms with Gasteiger partial charge in [0.05, 0.1) is 6.61 Å². The highest BCUT2D eigenvalue weighted by atomic mass is 35.5. The lowest BCUT2D eigenvalue weighted by molar-refractivity contribution is 0.0945. The summed E-state index contributed by atoms with van der Waals surface area (Å²) >= 11 is 5.98. The zero-order valence-electron chi connectivity index (χ0n) is 21.0. The van der Waals surface area contributed by atoms with E-state index in [2.05, 4.69) is 44.5 Å². The number of ether oxygens (including phenoxy) is 1. The van der Waals surface area contributed by atoms with Crippen molar-refractivity contribution in [1.29, 1.82) is 0 Å². The highest BCUT2D eigenvalue weighted by Gasteiger charge is 2.26. The number of aryl methyl sites for hydroxylation is 1. The monoisotopic (exact) mass is 522 g/mol. The van der Waals surface area contributed by atoms with Crippen LogP contribution in [0.3, 0.4) is 0 Å². The van der Waals surface area contributed by atoms with Crippen molar-refractivity contribution in [3.05, 3.63) is 88.2 Å². The van der Waals surface area contributed by atoms with Crippen LogP contribution in [0.4, 0.5) is 10.1 Å². The van der Waals surface area contributed by atoms with E-state index >= 15 is 0 Å². The number of carbonyl (C=O) groups excluding carboxylic acids is 1. The molecule has 1 fully saturated rings. The van der Waals surface area contributed by atoms with Crippen LogP contribution in [0.25, 0.3) is 0 Å². The molecule has 1 aliphatic carbocycles. The zero-order chi connectivity index (χ0) is 25.8. The number of hydrogen-bond donors (Lipinski definition) is 2. The number of anilines is 1. The minimum absolute atomic E-state index is 0.164. The van der Waals surface area contributed by atoms with E-state index in [1.54, 1.807) is 12.1 Å². The second-order valence-electron chi connectivity index (χ2n) is 9.77. The van der Waals surface area contributed by atoms with Gasteiger partial charge in [-0.25, -0.2) is 9.37 Å². The molecule has 1 aliphatic heterocycles. The molecule has 1 unspecified atom stereocenters. The molecule has 1 aromatic heterocycles. The van der Waals surface area contributed by atoms with Gasteiger partial charge >= 0.3 is 0 Å². The number of H-pyrrole nitrogens is 1. The number of rotatable bonds is 9. The number of benzene rings is 2. The second-order valence-corrected chi connectivity index (χ2v) is 10.3. The number of hydrogen-bond acceptors (Lipinski definition) is 4. The number of imidazole rings is 1. The maximum atomic E-state index is 13.0. The third-order valence-corrected chi connectivity index (χ3v) is 7.46. The van der Waals surface area contributed by atoms with Gasteiger partial charge in [-0.3, -0.25) is 4.79 Å². The second kappa shape index (κ2) is 11.4. The first kappa shape index (κ1) is 25.3. The summed E-state index contributed by atoms with van der Waals surface area (Å²) in [7, 11) is 0. The predicted octanol–water partition coefficient (Wildman–Crippen LogP) is 5.95. The molecular weight excluding hydrogens is 491 g/mol. The lowest BCUT2D eigenvalue weighted by atomic mass is 9.94. The summed E-state index contributed by atoms with van der Waals surface area (Å²) in [5.74, 6) is 1.76. The number of aromatic nitrogens is 2. The lowest BCUT2D eigenvalue weighted by Crippen LogP contribution is -2.35. The smallest absolute Gasteiger partial charge is 0.272 e. The van der Waals surface area contributed by atoms with Crippen LogP contribution in [-0.2, 0) is 13.0 Å². The average Bonchev–Trinajstić information content (AvgIpc) is 3.34. The van der Waals surface area contributed by atoms with Gasteiger partial charge in [0.1, 0.15) is 23.1 Å². The first-order chi connectivity index (χ1) is 18.0. The Morgan fingerprint density at radius 1 is 1.16 bits per heavy atom. The molecule has 5 rings (SSSR count). The third kappa shape index (κ3) is 6.16. The fourth-order valence-corrected chi connectivity index (χ4v) is 5.13. The third-order valence-electron chi connectivity index (χ3n) is 7.18. The molecule has 1 amide bonds. The predicted molar refractivity (Wildman–Crippen MR) is 144 cm³/mol. The van der Waals surface area contributed by atoms with Gasteiger partial charge < -0.3 is 19.9 Å². The quantitative estimate of drug-likeness (QED) is 0.364. The molecule has 2 N–H and O–H groups in total. The van der Waals surface area contributed by atoms with Gasteiger partial charge in [0.2, 0.25) is 0 Å². The Hall–Kier alpha value is -3.32. The molecule has 194 valence electrons. The number of carbonyl (C=O) groups is 1. The summed E-state index contributed by atoms with van der Waals surface area (Å²) in [5, 5.41) is 3.85. The van der Waals surface area contributed by atoms with E-state index in [4.69, 9.17) is 16.3 Å². The molecule has 1 saturated heterocycles. The standard InChI is InChI=1S/C29H32ClFN4O2/c1-2-26-27(34-28(33-26)21-15-22(30)16-21)29(36)32-17-19-3-7-24(8-4-19)35-13-11-20(12-14-35)18-37-25-9-5-23(31)6-10-25/h3-10,15,20-21H,2,11-14,16-18H2,1H3,(H,32,36)(H,33,34). The molecule has 6 nitrogen and oxygen atoms in total. The minimum Gasteiger partial charge on any atom is -0.493 e. The Kier molecular flexibility index (Phi) is 7.79. The zero-order valence-corrected chi connectivity index (χ0v) is 21.7. The van der Waals surface area contributed by atoms with Crippen LogP contribution in [0.5, 0.6) is 5.75 Å². The van der Waals surface area contributed by atoms with Crippen molar-refractivity contribution >= 4 is 23.2 Å². The van der Waals surface area contributed by atoms with E-state index in [0.717, 1.165) is 54.5 Å². The number of allylic oxidation sites excluding steroid dienone is 2. The lowest BCUT2D eigenvalue weighted by Gasteiger charge is -2.33. The number of piperidine rings is 1. The molecule has 3 aromatic rings. The van der Waals surface area contributed by atoms with Crippen molar-refractivity contribution in [3.8, 4) is 5.75 Å². The Morgan fingerprint density at radius 3 is 2.51 bits per heavy atom. The molecule has 0 bridgehead atoms. The van der Waals surface area contributed by atoms with E-state index in [9.17, 15) is 9.18 Å². The van der Waals surface area contributed by atoms with E-state index < -0.39 is 0 Å². The normalized spacial score (nSPS) is 17.8. The van der Waals surface area contributed by atoms with Crippen LogP contribution in [0.2, 0.25) is 0 Å². The highest BCUT2D eigenvalue weighted by molar-refractivity contribution is 6.30. The Labute approximate surface area is 221 Å². The molecule has 2 heterocycles. The summed E-state index contributed by atoms with van der Waals surface area (Å²) in [5.41, 5.74) is 3.55. The van der Waals surface area contributed by atoms with Crippen LogP contribution in [0, 0.1) is 11.7 Å². The van der Waals surface area contributed by atoms with Gasteiger partial charge in [0, 0.05) is 42.0 Å². The van der Waals surface area contributed by atoms with E-state index in [-0.39, 0.29) is 17.6 Å². The number of nitrogens with zero attached hydrogens (tertiary/aromatic N) is 2. The van der Waals surface area contributed by atoms with Gasteiger partial charge in [0.25, 0.3) is 5.91 Å². The summed E-state index contributed by atoms with van der Waals surface area (Å²) in [6.07, 6.45) is 5.55. The number of halogens is 2. The summed E-state index contributed by atoms with van der Waals surface area (Å²) in [6.45, 7) is 5.05. The van der Waals surface area contributed by atoms with Crippen LogP contribution in [-0.4, -0.2) is 35.6 Å². The highest BCUT2D eigenvalue weighted by Crippen LogP contribution is 2.36.